The Labute approximate surface area is 146 Å². The number of nitrogens with one attached hydrogen (secondary N) is 2. The highest BCUT2D eigenvalue weighted by Crippen LogP contribution is 2.17. The molecule has 0 radical (unpaired) electrons. The molecule has 2 aromatic rings. The largest absolute Gasteiger partial charge is 0.351 e. The van der Waals surface area contributed by atoms with Crippen molar-refractivity contribution in [2.45, 2.75) is 18.4 Å². The smallest absolute Gasteiger partial charge is 0.316 e. The molecule has 0 heterocycles. The molecule has 3 amide bonds. The molecule has 0 spiro atoms. The van der Waals surface area contributed by atoms with E-state index in [-0.39, 0.29) is 22.8 Å². The van der Waals surface area contributed by atoms with E-state index in [2.05, 4.69) is 10.6 Å². The predicted molar refractivity (Wildman–Crippen MR) is 95.0 cm³/mol. The number of carbonyl (C=O) groups is 2. The summed E-state index contributed by atoms with van der Waals surface area (Å²) in [5, 5.41) is 5.13. The quantitative estimate of drug-likeness (QED) is 0.728. The fourth-order valence-electron chi connectivity index (χ4n) is 2.26. The Kier molecular flexibility index (Phi) is 5.76. The first kappa shape index (κ1) is 18.5. The highest BCUT2D eigenvalue weighted by molar-refractivity contribution is 7.91. The van der Waals surface area contributed by atoms with Crippen molar-refractivity contribution in [2.24, 2.45) is 5.73 Å². The maximum atomic E-state index is 12.4. The minimum Gasteiger partial charge on any atom is -0.351 e. The number of nitrogens with two attached hydrogens (primary N) is 1. The highest BCUT2D eigenvalue weighted by atomic mass is 32.2. The average molecular weight is 361 g/mol. The molecule has 0 fully saturated rings. The van der Waals surface area contributed by atoms with Crippen LogP contribution in [0.4, 0.5) is 10.5 Å². The van der Waals surface area contributed by atoms with Gasteiger partial charge in [-0.15, -0.1) is 0 Å². The van der Waals surface area contributed by atoms with Gasteiger partial charge in [-0.3, -0.25) is 4.79 Å². The van der Waals surface area contributed by atoms with Gasteiger partial charge in [-0.2, -0.15) is 0 Å². The van der Waals surface area contributed by atoms with Gasteiger partial charge < -0.3 is 16.4 Å². The number of sulfone groups is 1. The molecule has 0 unspecified atom stereocenters. The van der Waals surface area contributed by atoms with Gasteiger partial charge in [0.15, 0.2) is 9.84 Å². The minimum absolute atomic E-state index is 0.0131. The molecule has 0 aliphatic heterocycles. The van der Waals surface area contributed by atoms with E-state index in [1.54, 1.807) is 36.4 Å². The topological polar surface area (TPSA) is 118 Å². The molecular formula is C17H19N3O4S. The van der Waals surface area contributed by atoms with Crippen LogP contribution in [0.2, 0.25) is 0 Å². The van der Waals surface area contributed by atoms with Gasteiger partial charge in [-0.05, 0) is 29.8 Å². The van der Waals surface area contributed by atoms with Crippen LogP contribution in [0.15, 0.2) is 53.4 Å². The summed E-state index contributed by atoms with van der Waals surface area (Å²) < 4.78 is 24.2. The number of amides is 3. The van der Waals surface area contributed by atoms with Gasteiger partial charge in [0.2, 0.25) is 0 Å². The zero-order valence-electron chi connectivity index (χ0n) is 13.7. The minimum atomic E-state index is -3.50. The van der Waals surface area contributed by atoms with E-state index < -0.39 is 21.8 Å². The lowest BCUT2D eigenvalue weighted by atomic mass is 10.1. The standard InChI is InChI=1S/C17H19N3O4S/c1-2-25(23,24)15-9-4-3-8-14(15)16(21)19-11-12-6-5-7-13(10-12)20-17(18)22/h3-10H,2,11H2,1H3,(H,19,21)(H3,18,20,22). The summed E-state index contributed by atoms with van der Waals surface area (Å²) in [6.07, 6.45) is 0. The van der Waals surface area contributed by atoms with Crippen LogP contribution in [0.1, 0.15) is 22.8 Å². The predicted octanol–water partition coefficient (Wildman–Crippen LogP) is 1.90. The summed E-state index contributed by atoms with van der Waals surface area (Å²) in [7, 11) is -3.50. The third kappa shape index (κ3) is 4.80. The van der Waals surface area contributed by atoms with Crippen molar-refractivity contribution in [1.82, 2.24) is 5.32 Å². The van der Waals surface area contributed by atoms with E-state index in [0.717, 1.165) is 5.56 Å². The van der Waals surface area contributed by atoms with Gasteiger partial charge in [0.1, 0.15) is 0 Å². The van der Waals surface area contributed by atoms with Crippen LogP contribution in [0.5, 0.6) is 0 Å². The van der Waals surface area contributed by atoms with Crippen molar-refractivity contribution < 1.29 is 18.0 Å². The molecule has 0 saturated heterocycles. The molecule has 8 heteroatoms. The third-order valence-electron chi connectivity index (χ3n) is 3.49. The van der Waals surface area contributed by atoms with Crippen molar-refractivity contribution in [3.8, 4) is 0 Å². The van der Waals surface area contributed by atoms with Crippen LogP contribution in [0.3, 0.4) is 0 Å². The Balaban J connectivity index is 2.15. The normalized spacial score (nSPS) is 10.9. The Morgan fingerprint density at radius 3 is 2.48 bits per heavy atom. The second kappa shape index (κ2) is 7.80. The van der Waals surface area contributed by atoms with E-state index >= 15 is 0 Å². The van der Waals surface area contributed by atoms with Crippen molar-refractivity contribution >= 4 is 27.5 Å². The van der Waals surface area contributed by atoms with Crippen LogP contribution < -0.4 is 16.4 Å². The van der Waals surface area contributed by atoms with Crippen molar-refractivity contribution in [3.05, 3.63) is 59.7 Å². The van der Waals surface area contributed by atoms with Gasteiger partial charge in [-0.1, -0.05) is 31.2 Å². The van der Waals surface area contributed by atoms with Crippen LogP contribution in [-0.4, -0.2) is 26.1 Å². The van der Waals surface area contributed by atoms with E-state index in [0.29, 0.717) is 5.69 Å². The number of anilines is 1. The van der Waals surface area contributed by atoms with E-state index in [9.17, 15) is 18.0 Å². The second-order valence-corrected chi connectivity index (χ2v) is 7.52. The molecule has 0 aliphatic rings. The molecule has 2 aromatic carbocycles. The molecule has 0 aliphatic carbocycles. The first-order chi connectivity index (χ1) is 11.8. The number of hydrogen-bond donors (Lipinski definition) is 3. The van der Waals surface area contributed by atoms with Gasteiger partial charge in [0.25, 0.3) is 5.91 Å². The van der Waals surface area contributed by atoms with Crippen LogP contribution in [-0.2, 0) is 16.4 Å². The Morgan fingerprint density at radius 2 is 1.80 bits per heavy atom. The molecule has 0 aromatic heterocycles. The van der Waals surface area contributed by atoms with Gasteiger partial charge in [0.05, 0.1) is 16.2 Å². The fraction of sp³-hybridized carbons (Fsp3) is 0.176. The molecule has 0 saturated carbocycles. The molecule has 2 rings (SSSR count). The summed E-state index contributed by atoms with van der Waals surface area (Å²) in [4.78, 5) is 23.3. The maximum absolute atomic E-state index is 12.4. The van der Waals surface area contributed by atoms with E-state index in [1.807, 2.05) is 0 Å². The summed E-state index contributed by atoms with van der Waals surface area (Å²) in [5.41, 5.74) is 6.41. The number of benzene rings is 2. The number of primary amides is 1. The number of hydrogen-bond acceptors (Lipinski definition) is 4. The number of carbonyl (C=O) groups excluding carboxylic acids is 2. The summed E-state index contributed by atoms with van der Waals surface area (Å²) in [5.74, 6) is -0.570. The Hall–Kier alpha value is -2.87. The van der Waals surface area contributed by atoms with Gasteiger partial charge in [-0.25, -0.2) is 13.2 Å². The maximum Gasteiger partial charge on any atom is 0.316 e. The Morgan fingerprint density at radius 1 is 1.08 bits per heavy atom. The van der Waals surface area contributed by atoms with E-state index in [1.165, 1.54) is 19.1 Å². The molecule has 0 bridgehead atoms. The molecule has 25 heavy (non-hydrogen) atoms. The zero-order valence-corrected chi connectivity index (χ0v) is 14.5. The first-order valence-corrected chi connectivity index (χ1v) is 9.24. The van der Waals surface area contributed by atoms with Gasteiger partial charge in [0, 0.05) is 12.2 Å². The lowest BCUT2D eigenvalue weighted by Gasteiger charge is -2.11. The average Bonchev–Trinajstić information content (AvgIpc) is 2.59. The summed E-state index contributed by atoms with van der Waals surface area (Å²) >= 11 is 0. The monoisotopic (exact) mass is 361 g/mol. The molecule has 7 nitrogen and oxygen atoms in total. The molecular weight excluding hydrogens is 342 g/mol. The third-order valence-corrected chi connectivity index (χ3v) is 5.28. The van der Waals surface area contributed by atoms with Crippen LogP contribution in [0, 0.1) is 0 Å². The first-order valence-electron chi connectivity index (χ1n) is 7.59. The van der Waals surface area contributed by atoms with Crippen LogP contribution in [0.25, 0.3) is 0 Å². The number of rotatable bonds is 6. The van der Waals surface area contributed by atoms with E-state index in [4.69, 9.17) is 5.73 Å². The zero-order chi connectivity index (χ0) is 18.4. The van der Waals surface area contributed by atoms with Crippen LogP contribution >= 0.6 is 0 Å². The Bertz CT molecular complexity index is 894. The van der Waals surface area contributed by atoms with Crippen molar-refractivity contribution in [3.63, 3.8) is 0 Å². The SMILES string of the molecule is CCS(=O)(=O)c1ccccc1C(=O)NCc1cccc(NC(N)=O)c1. The summed E-state index contributed by atoms with van der Waals surface area (Å²) in [6, 6.07) is 12.2. The number of urea groups is 1. The fourth-order valence-corrected chi connectivity index (χ4v) is 3.35. The van der Waals surface area contributed by atoms with Gasteiger partial charge >= 0.3 is 6.03 Å². The highest BCUT2D eigenvalue weighted by Gasteiger charge is 2.20. The molecule has 4 N–H and O–H groups in total. The second-order valence-electron chi connectivity index (χ2n) is 5.27. The summed E-state index contributed by atoms with van der Waals surface area (Å²) in [6.45, 7) is 1.70. The lowest BCUT2D eigenvalue weighted by Crippen LogP contribution is -2.25. The molecule has 132 valence electrons. The lowest BCUT2D eigenvalue weighted by molar-refractivity contribution is 0.0947. The van der Waals surface area contributed by atoms with Crippen molar-refractivity contribution in [2.75, 3.05) is 11.1 Å². The van der Waals surface area contributed by atoms with Crippen molar-refractivity contribution in [1.29, 1.82) is 0 Å². The molecule has 0 atom stereocenters.